The van der Waals surface area contributed by atoms with Crippen LogP contribution in [0.4, 0.5) is 4.79 Å². The Balaban J connectivity index is 6.22. The minimum absolute atomic E-state index is 0.101. The monoisotopic (exact) mass is 670 g/mol. The Morgan fingerprint density at radius 2 is 1.59 bits per heavy atom. The van der Waals surface area contributed by atoms with Crippen LogP contribution in [0.15, 0.2) is 24.4 Å². The summed E-state index contributed by atoms with van der Waals surface area (Å²) in [5.41, 5.74) is -1.02. The normalized spacial score (nSPS) is 14.2. The largest absolute Gasteiger partial charge is 0.458 e. The molecule has 0 aliphatic carbocycles. The molecule has 13 nitrogen and oxygen atoms in total. The quantitative estimate of drug-likeness (QED) is 0.0493. The van der Waals surface area contributed by atoms with Gasteiger partial charge in [-0.05, 0) is 65.4 Å². The standard InChI is InChI=1S/C32H54N4O9S/c1-11-14-15-16-24(37)33-23(17-19-46-10)27(38)35-26(28(39)34-22(13-3)29(40)43-18-12-2)21(6)44-30(41)25(20(4)5)36-31(42)45-32(7,8)9/h12-13,20-21,23,25-26H,2,11,14-19H2,1,3-10H3,(H,33,37)(H,34,39)(H,35,38)(H,36,42)/b22-13-/t21-,23+,25+,26+/m1/s1. The summed E-state index contributed by atoms with van der Waals surface area (Å²) in [7, 11) is 0. The molecule has 0 heterocycles. The molecule has 14 heteroatoms. The van der Waals surface area contributed by atoms with E-state index in [-0.39, 0.29) is 31.1 Å². The second-order valence-corrected chi connectivity index (χ2v) is 12.9. The van der Waals surface area contributed by atoms with Gasteiger partial charge < -0.3 is 35.5 Å². The molecule has 0 radical (unpaired) electrons. The second kappa shape index (κ2) is 22.1. The van der Waals surface area contributed by atoms with Gasteiger partial charge in [-0.15, -0.1) is 0 Å². The molecule has 0 aliphatic heterocycles. The Labute approximate surface area is 277 Å². The molecule has 0 aromatic carbocycles. The number of hydrogen-bond donors (Lipinski definition) is 4. The lowest BCUT2D eigenvalue weighted by atomic mass is 10.0. The highest BCUT2D eigenvalue weighted by atomic mass is 32.2. The number of thioether (sulfide) groups is 1. The minimum atomic E-state index is -1.51. The smallest absolute Gasteiger partial charge is 0.408 e. The number of hydrogen-bond acceptors (Lipinski definition) is 10. The predicted molar refractivity (Wildman–Crippen MR) is 178 cm³/mol. The van der Waals surface area contributed by atoms with Gasteiger partial charge in [0.15, 0.2) is 0 Å². The summed E-state index contributed by atoms with van der Waals surface area (Å²) in [6.07, 6.45) is 5.39. The molecule has 4 atom stereocenters. The molecule has 0 saturated carbocycles. The molecule has 0 aromatic heterocycles. The van der Waals surface area contributed by atoms with Gasteiger partial charge in [0.05, 0.1) is 0 Å². The number of ether oxygens (including phenoxy) is 3. The van der Waals surface area contributed by atoms with Crippen molar-refractivity contribution in [1.29, 1.82) is 0 Å². The Morgan fingerprint density at radius 1 is 0.935 bits per heavy atom. The van der Waals surface area contributed by atoms with E-state index in [9.17, 15) is 28.8 Å². The Morgan fingerprint density at radius 3 is 2.11 bits per heavy atom. The number of carbonyl (C=O) groups is 6. The Bertz CT molecular complexity index is 1070. The molecule has 46 heavy (non-hydrogen) atoms. The molecule has 0 bridgehead atoms. The molecule has 4 amide bonds. The van der Waals surface area contributed by atoms with Crippen LogP contribution in [0.2, 0.25) is 0 Å². The number of allylic oxidation sites excluding steroid dienone is 1. The summed E-state index contributed by atoms with van der Waals surface area (Å²) in [6, 6.07) is -3.63. The Kier molecular flexibility index (Phi) is 20.4. The number of alkyl carbamates (subject to hydrolysis) is 1. The third kappa shape index (κ3) is 17.2. The number of nitrogens with one attached hydrogen (secondary N) is 4. The van der Waals surface area contributed by atoms with Gasteiger partial charge in [-0.3, -0.25) is 14.4 Å². The number of carbonyl (C=O) groups excluding carboxylic acids is 6. The molecular weight excluding hydrogens is 616 g/mol. The molecule has 0 rings (SSSR count). The van der Waals surface area contributed by atoms with Crippen LogP contribution < -0.4 is 21.3 Å². The van der Waals surface area contributed by atoms with Gasteiger partial charge in [0.1, 0.15) is 42.1 Å². The summed E-state index contributed by atoms with van der Waals surface area (Å²) < 4.78 is 15.9. The summed E-state index contributed by atoms with van der Waals surface area (Å²) in [5, 5.41) is 10.3. The molecule has 0 aliphatic rings. The minimum Gasteiger partial charge on any atom is -0.458 e. The van der Waals surface area contributed by atoms with E-state index in [1.807, 2.05) is 13.2 Å². The lowest BCUT2D eigenvalue weighted by Gasteiger charge is -2.29. The first kappa shape index (κ1) is 42.5. The van der Waals surface area contributed by atoms with Crippen molar-refractivity contribution in [2.75, 3.05) is 18.6 Å². The number of amides is 4. The fourth-order valence-electron chi connectivity index (χ4n) is 3.88. The number of unbranched alkanes of at least 4 members (excludes halogenated alkanes) is 2. The molecule has 0 fully saturated rings. The van der Waals surface area contributed by atoms with E-state index in [0.29, 0.717) is 12.2 Å². The summed E-state index contributed by atoms with van der Waals surface area (Å²) in [4.78, 5) is 77.8. The maximum Gasteiger partial charge on any atom is 0.408 e. The van der Waals surface area contributed by atoms with E-state index in [2.05, 4.69) is 27.8 Å². The van der Waals surface area contributed by atoms with E-state index in [1.165, 1.54) is 37.8 Å². The van der Waals surface area contributed by atoms with Crippen molar-refractivity contribution >= 4 is 47.5 Å². The van der Waals surface area contributed by atoms with Crippen LogP contribution in [0.1, 0.15) is 87.5 Å². The zero-order chi connectivity index (χ0) is 35.4. The second-order valence-electron chi connectivity index (χ2n) is 11.9. The van der Waals surface area contributed by atoms with E-state index in [1.54, 1.807) is 34.6 Å². The molecule has 0 spiro atoms. The SMILES string of the molecule is C=CCOC(=O)/C(=C/C)NC(=O)[C@@H](NC(=O)[C@H](CCSC)NC(=O)CCCCC)[C@@H](C)OC(=O)[C@@H](NC(=O)OC(C)(C)C)C(C)C. The van der Waals surface area contributed by atoms with Crippen molar-refractivity contribution in [2.24, 2.45) is 5.92 Å². The maximum atomic E-state index is 13.6. The van der Waals surface area contributed by atoms with E-state index in [4.69, 9.17) is 14.2 Å². The maximum absolute atomic E-state index is 13.6. The van der Waals surface area contributed by atoms with Crippen LogP contribution in [0.3, 0.4) is 0 Å². The fraction of sp³-hybridized carbons (Fsp3) is 0.688. The number of esters is 2. The van der Waals surface area contributed by atoms with Gasteiger partial charge in [-0.25, -0.2) is 14.4 Å². The molecule has 262 valence electrons. The zero-order valence-corrected chi connectivity index (χ0v) is 29.6. The van der Waals surface area contributed by atoms with Crippen LogP contribution in [-0.2, 0) is 38.2 Å². The lowest BCUT2D eigenvalue weighted by molar-refractivity contribution is -0.156. The first-order valence-electron chi connectivity index (χ1n) is 15.5. The molecule has 0 unspecified atom stereocenters. The van der Waals surface area contributed by atoms with Gasteiger partial charge in [-0.1, -0.05) is 52.3 Å². The molecular formula is C32H54N4O9S. The average molecular weight is 671 g/mol. The summed E-state index contributed by atoms with van der Waals surface area (Å²) >= 11 is 1.48. The van der Waals surface area contributed by atoms with Crippen molar-refractivity contribution in [3.8, 4) is 0 Å². The van der Waals surface area contributed by atoms with E-state index in [0.717, 1.165) is 12.8 Å². The zero-order valence-electron chi connectivity index (χ0n) is 28.8. The molecule has 4 N–H and O–H groups in total. The van der Waals surface area contributed by atoms with Crippen LogP contribution in [-0.4, -0.2) is 84.2 Å². The average Bonchev–Trinajstić information content (AvgIpc) is 2.96. The fourth-order valence-corrected chi connectivity index (χ4v) is 4.35. The van der Waals surface area contributed by atoms with Crippen LogP contribution in [0.5, 0.6) is 0 Å². The van der Waals surface area contributed by atoms with Gasteiger partial charge in [-0.2, -0.15) is 11.8 Å². The van der Waals surface area contributed by atoms with Crippen LogP contribution >= 0.6 is 11.8 Å². The first-order valence-corrected chi connectivity index (χ1v) is 16.9. The van der Waals surface area contributed by atoms with E-state index < -0.39 is 65.6 Å². The van der Waals surface area contributed by atoms with E-state index >= 15 is 0 Å². The van der Waals surface area contributed by atoms with Gasteiger partial charge in [0.2, 0.25) is 11.8 Å². The predicted octanol–water partition coefficient (Wildman–Crippen LogP) is 3.52. The van der Waals surface area contributed by atoms with Crippen molar-refractivity contribution < 1.29 is 43.0 Å². The van der Waals surface area contributed by atoms with Crippen LogP contribution in [0.25, 0.3) is 0 Å². The third-order valence-corrected chi connectivity index (χ3v) is 6.96. The van der Waals surface area contributed by atoms with Crippen molar-refractivity contribution in [3.05, 3.63) is 24.4 Å². The Hall–Kier alpha value is -3.55. The molecule has 0 saturated heterocycles. The van der Waals surface area contributed by atoms with Gasteiger partial charge in [0.25, 0.3) is 5.91 Å². The third-order valence-electron chi connectivity index (χ3n) is 6.31. The van der Waals surface area contributed by atoms with Crippen molar-refractivity contribution in [3.63, 3.8) is 0 Å². The summed E-state index contributed by atoms with van der Waals surface area (Å²) in [5.74, 6) is -3.46. The lowest BCUT2D eigenvalue weighted by Crippen LogP contribution is -2.59. The van der Waals surface area contributed by atoms with Crippen LogP contribution in [0, 0.1) is 5.92 Å². The van der Waals surface area contributed by atoms with Crippen molar-refractivity contribution in [1.82, 2.24) is 21.3 Å². The highest BCUT2D eigenvalue weighted by Gasteiger charge is 2.36. The number of rotatable bonds is 20. The topological polar surface area (TPSA) is 178 Å². The summed E-state index contributed by atoms with van der Waals surface area (Å²) in [6.45, 7) is 16.7. The highest BCUT2D eigenvalue weighted by molar-refractivity contribution is 7.98. The highest BCUT2D eigenvalue weighted by Crippen LogP contribution is 2.13. The first-order chi connectivity index (χ1) is 21.5. The van der Waals surface area contributed by atoms with Gasteiger partial charge >= 0.3 is 18.0 Å². The van der Waals surface area contributed by atoms with Crippen molar-refractivity contribution in [2.45, 2.75) is 117 Å². The van der Waals surface area contributed by atoms with Gasteiger partial charge in [0, 0.05) is 6.42 Å². The molecule has 0 aromatic rings.